The molecule has 1 N–H and O–H groups in total. The first-order valence-corrected chi connectivity index (χ1v) is 16.5. The number of aryl methyl sites for hydroxylation is 1. The van der Waals surface area contributed by atoms with Crippen molar-refractivity contribution in [3.8, 4) is 11.5 Å². The van der Waals surface area contributed by atoms with Crippen LogP contribution in [0.15, 0.2) is 109 Å². The van der Waals surface area contributed by atoms with Crippen molar-refractivity contribution in [2.24, 2.45) is 0 Å². The van der Waals surface area contributed by atoms with Crippen molar-refractivity contribution >= 4 is 27.5 Å². The van der Waals surface area contributed by atoms with Gasteiger partial charge in [-0.05, 0) is 60.9 Å². The highest BCUT2D eigenvalue weighted by Crippen LogP contribution is 2.26. The molecule has 2 amide bonds. The van der Waals surface area contributed by atoms with Gasteiger partial charge in [0.05, 0.1) is 11.9 Å². The molecular formula is C35H39N3O5S. The molecule has 9 heteroatoms. The summed E-state index contributed by atoms with van der Waals surface area (Å²) in [5.41, 5.74) is 3.06. The summed E-state index contributed by atoms with van der Waals surface area (Å²) in [4.78, 5) is 29.3. The van der Waals surface area contributed by atoms with Gasteiger partial charge in [0.2, 0.25) is 21.8 Å². The SMILES string of the molecule is CCCNC(=O)C(Cc1ccccc1)N(Cc1cccc(C)c1)C(=O)CN(c1ccc(Oc2ccccc2)cc1)S(C)(=O)=O. The van der Waals surface area contributed by atoms with Crippen molar-refractivity contribution < 1.29 is 22.7 Å². The first kappa shape index (κ1) is 32.3. The van der Waals surface area contributed by atoms with Crippen molar-refractivity contribution in [3.05, 3.63) is 126 Å². The molecule has 0 fully saturated rings. The summed E-state index contributed by atoms with van der Waals surface area (Å²) in [6, 6.07) is 32.1. The van der Waals surface area contributed by atoms with E-state index in [1.807, 2.05) is 98.8 Å². The van der Waals surface area contributed by atoms with E-state index in [0.29, 0.717) is 23.7 Å². The number of carbonyl (C=O) groups excluding carboxylic acids is 2. The van der Waals surface area contributed by atoms with Gasteiger partial charge < -0.3 is 15.0 Å². The van der Waals surface area contributed by atoms with Gasteiger partial charge in [-0.2, -0.15) is 0 Å². The minimum absolute atomic E-state index is 0.138. The molecule has 0 aliphatic heterocycles. The Bertz CT molecular complexity index is 1630. The van der Waals surface area contributed by atoms with Crippen molar-refractivity contribution in [2.75, 3.05) is 23.7 Å². The number of anilines is 1. The van der Waals surface area contributed by atoms with Crippen LogP contribution >= 0.6 is 0 Å². The number of nitrogens with zero attached hydrogens (tertiary/aromatic N) is 2. The molecular weight excluding hydrogens is 574 g/mol. The van der Waals surface area contributed by atoms with E-state index in [0.717, 1.165) is 33.7 Å². The van der Waals surface area contributed by atoms with E-state index in [2.05, 4.69) is 5.32 Å². The van der Waals surface area contributed by atoms with Gasteiger partial charge in [-0.25, -0.2) is 8.42 Å². The maximum absolute atomic E-state index is 14.2. The standard InChI is InChI=1S/C35H39N3O5S/c1-4-22-36-35(40)33(24-28-13-7-5-8-14-28)37(25-29-15-11-12-27(2)23-29)34(39)26-38(44(3,41)42)30-18-20-32(21-19-30)43-31-16-9-6-10-17-31/h5-21,23,33H,4,22,24-26H2,1-3H3,(H,36,40). The van der Waals surface area contributed by atoms with Crippen LogP contribution in [-0.2, 0) is 32.6 Å². The third-order valence-electron chi connectivity index (χ3n) is 7.04. The number of nitrogens with one attached hydrogen (secondary N) is 1. The Morgan fingerprint density at radius 1 is 0.818 bits per heavy atom. The topological polar surface area (TPSA) is 96.0 Å². The summed E-state index contributed by atoms with van der Waals surface area (Å²) in [6.45, 7) is 4.04. The minimum atomic E-state index is -3.87. The van der Waals surface area contributed by atoms with E-state index in [-0.39, 0.29) is 18.9 Å². The van der Waals surface area contributed by atoms with E-state index < -0.39 is 28.5 Å². The average molecular weight is 614 g/mol. The maximum atomic E-state index is 14.2. The molecule has 4 aromatic carbocycles. The summed E-state index contributed by atoms with van der Waals surface area (Å²) in [5.74, 6) is 0.392. The van der Waals surface area contributed by atoms with Crippen LogP contribution in [-0.4, -0.2) is 50.5 Å². The predicted octanol–water partition coefficient (Wildman–Crippen LogP) is 5.72. The fraction of sp³-hybridized carbons (Fsp3) is 0.257. The highest BCUT2D eigenvalue weighted by molar-refractivity contribution is 7.92. The Hall–Kier alpha value is -4.63. The molecule has 0 aliphatic rings. The number of rotatable bonds is 14. The van der Waals surface area contributed by atoms with Crippen LogP contribution in [0.5, 0.6) is 11.5 Å². The number of amides is 2. The average Bonchev–Trinajstić information content (AvgIpc) is 3.01. The van der Waals surface area contributed by atoms with Gasteiger partial charge in [-0.1, -0.05) is 85.3 Å². The molecule has 4 aromatic rings. The third kappa shape index (κ3) is 9.18. The monoisotopic (exact) mass is 613 g/mol. The molecule has 44 heavy (non-hydrogen) atoms. The number of para-hydroxylation sites is 1. The molecule has 230 valence electrons. The molecule has 0 radical (unpaired) electrons. The van der Waals surface area contributed by atoms with Crippen LogP contribution in [0.2, 0.25) is 0 Å². The van der Waals surface area contributed by atoms with E-state index in [9.17, 15) is 18.0 Å². The second kappa shape index (κ2) is 15.2. The molecule has 0 bridgehead atoms. The first-order valence-electron chi connectivity index (χ1n) is 14.6. The van der Waals surface area contributed by atoms with Crippen molar-refractivity contribution in [3.63, 3.8) is 0 Å². The van der Waals surface area contributed by atoms with Gasteiger partial charge in [0, 0.05) is 19.5 Å². The van der Waals surface area contributed by atoms with Crippen molar-refractivity contribution in [1.82, 2.24) is 10.2 Å². The lowest BCUT2D eigenvalue weighted by atomic mass is 10.0. The van der Waals surface area contributed by atoms with Crippen molar-refractivity contribution in [2.45, 2.75) is 39.3 Å². The Balaban J connectivity index is 1.67. The number of hydrogen-bond donors (Lipinski definition) is 1. The van der Waals surface area contributed by atoms with Gasteiger partial charge in [0.25, 0.3) is 0 Å². The number of carbonyl (C=O) groups is 2. The van der Waals surface area contributed by atoms with Gasteiger partial charge in [-0.15, -0.1) is 0 Å². The minimum Gasteiger partial charge on any atom is -0.457 e. The summed E-state index contributed by atoms with van der Waals surface area (Å²) in [5, 5.41) is 2.95. The zero-order chi connectivity index (χ0) is 31.5. The summed E-state index contributed by atoms with van der Waals surface area (Å²) in [6.07, 6.45) is 2.08. The van der Waals surface area contributed by atoms with Crippen LogP contribution in [0.3, 0.4) is 0 Å². The third-order valence-corrected chi connectivity index (χ3v) is 8.18. The predicted molar refractivity (Wildman–Crippen MR) is 174 cm³/mol. The lowest BCUT2D eigenvalue weighted by Crippen LogP contribution is -2.53. The molecule has 4 rings (SSSR count). The quantitative estimate of drug-likeness (QED) is 0.196. The summed E-state index contributed by atoms with van der Waals surface area (Å²) >= 11 is 0. The largest absolute Gasteiger partial charge is 0.457 e. The van der Waals surface area contributed by atoms with Crippen LogP contribution in [0.25, 0.3) is 0 Å². The Kier molecular flexibility index (Phi) is 11.2. The second-order valence-electron chi connectivity index (χ2n) is 10.7. The van der Waals surface area contributed by atoms with Crippen LogP contribution < -0.4 is 14.4 Å². The van der Waals surface area contributed by atoms with Gasteiger partial charge in [0.15, 0.2) is 0 Å². The number of sulfonamides is 1. The molecule has 0 spiro atoms. The fourth-order valence-electron chi connectivity index (χ4n) is 4.85. The first-order chi connectivity index (χ1) is 21.1. The van der Waals surface area contributed by atoms with E-state index in [1.54, 1.807) is 24.3 Å². The molecule has 1 unspecified atom stereocenters. The zero-order valence-electron chi connectivity index (χ0n) is 25.3. The molecule has 0 heterocycles. The van der Waals surface area contributed by atoms with Gasteiger partial charge in [-0.3, -0.25) is 13.9 Å². The van der Waals surface area contributed by atoms with Crippen LogP contribution in [0.4, 0.5) is 5.69 Å². The zero-order valence-corrected chi connectivity index (χ0v) is 26.2. The molecule has 0 saturated heterocycles. The van der Waals surface area contributed by atoms with Crippen LogP contribution in [0.1, 0.15) is 30.0 Å². The number of ether oxygens (including phenoxy) is 1. The Morgan fingerprint density at radius 2 is 1.43 bits per heavy atom. The Morgan fingerprint density at radius 3 is 2.05 bits per heavy atom. The normalized spacial score (nSPS) is 11.8. The van der Waals surface area contributed by atoms with E-state index in [4.69, 9.17) is 4.74 Å². The number of benzene rings is 4. The molecule has 0 aliphatic carbocycles. The van der Waals surface area contributed by atoms with E-state index in [1.165, 1.54) is 4.90 Å². The molecule has 8 nitrogen and oxygen atoms in total. The van der Waals surface area contributed by atoms with E-state index >= 15 is 0 Å². The van der Waals surface area contributed by atoms with Crippen molar-refractivity contribution in [1.29, 1.82) is 0 Å². The molecule has 0 aromatic heterocycles. The number of hydrogen-bond acceptors (Lipinski definition) is 5. The lowest BCUT2D eigenvalue weighted by Gasteiger charge is -2.33. The molecule has 0 saturated carbocycles. The fourth-order valence-corrected chi connectivity index (χ4v) is 5.70. The lowest BCUT2D eigenvalue weighted by molar-refractivity contribution is -0.140. The molecule has 1 atom stereocenters. The summed E-state index contributed by atoms with van der Waals surface area (Å²) < 4.78 is 33.0. The smallest absolute Gasteiger partial charge is 0.244 e. The van der Waals surface area contributed by atoms with Gasteiger partial charge in [0.1, 0.15) is 24.1 Å². The van der Waals surface area contributed by atoms with Crippen LogP contribution in [0, 0.1) is 6.92 Å². The highest BCUT2D eigenvalue weighted by Gasteiger charge is 2.33. The Labute approximate surface area is 260 Å². The summed E-state index contributed by atoms with van der Waals surface area (Å²) in [7, 11) is -3.87. The maximum Gasteiger partial charge on any atom is 0.244 e. The highest BCUT2D eigenvalue weighted by atomic mass is 32.2. The van der Waals surface area contributed by atoms with Gasteiger partial charge >= 0.3 is 0 Å². The second-order valence-corrected chi connectivity index (χ2v) is 12.6.